The quantitative estimate of drug-likeness (QED) is 0.823. The fraction of sp³-hybridized carbons (Fsp3) is 0.556. The molecule has 0 saturated heterocycles. The molecule has 0 aliphatic heterocycles. The number of rotatable bonds is 6. The van der Waals surface area contributed by atoms with Crippen LogP contribution >= 0.6 is 12.4 Å². The number of halogens is 1. The van der Waals surface area contributed by atoms with Crippen LogP contribution in [0.25, 0.3) is 0 Å². The molecule has 1 atom stereocenters. The number of hydrogen-bond donors (Lipinski definition) is 2. The number of nitrogens with two attached hydrogens (primary N) is 1. The molecule has 1 aliphatic rings. The number of nitrogens with one attached hydrogen (secondary N) is 1. The van der Waals surface area contributed by atoms with Gasteiger partial charge in [-0.25, -0.2) is 0 Å². The van der Waals surface area contributed by atoms with Crippen molar-refractivity contribution in [2.24, 2.45) is 11.1 Å². The molecule has 0 heterocycles. The average molecular weight is 354 g/mol. The fourth-order valence-electron chi connectivity index (χ4n) is 3.35. The topological polar surface area (TPSA) is 75.4 Å². The lowest BCUT2D eigenvalue weighted by Gasteiger charge is -2.31. The molecule has 1 unspecified atom stereocenters. The summed E-state index contributed by atoms with van der Waals surface area (Å²) in [6.07, 6.45) is 4.00. The molecule has 2 rings (SSSR count). The van der Waals surface area contributed by atoms with E-state index in [-0.39, 0.29) is 36.7 Å². The number of carbonyl (C=O) groups is 2. The summed E-state index contributed by atoms with van der Waals surface area (Å²) in [5, 5.41) is 2.94. The van der Waals surface area contributed by atoms with E-state index in [0.29, 0.717) is 6.54 Å². The summed E-state index contributed by atoms with van der Waals surface area (Å²) in [4.78, 5) is 26.3. The van der Waals surface area contributed by atoms with Gasteiger partial charge in [-0.2, -0.15) is 0 Å². The predicted octanol–water partition coefficient (Wildman–Crippen LogP) is 2.26. The van der Waals surface area contributed by atoms with E-state index in [2.05, 4.69) is 5.32 Å². The monoisotopic (exact) mass is 353 g/mol. The third kappa shape index (κ3) is 4.95. The molecule has 134 valence electrons. The van der Waals surface area contributed by atoms with Crippen LogP contribution in [0.15, 0.2) is 30.3 Å². The molecular weight excluding hydrogens is 326 g/mol. The molecule has 3 N–H and O–H groups in total. The van der Waals surface area contributed by atoms with Crippen LogP contribution < -0.4 is 11.1 Å². The summed E-state index contributed by atoms with van der Waals surface area (Å²) in [5.74, 6) is 0.0156. The van der Waals surface area contributed by atoms with Gasteiger partial charge in [-0.15, -0.1) is 12.4 Å². The lowest BCUT2D eigenvalue weighted by Crippen LogP contribution is -2.46. The second-order valence-electron chi connectivity index (χ2n) is 6.69. The van der Waals surface area contributed by atoms with Crippen LogP contribution in [-0.4, -0.2) is 37.4 Å². The van der Waals surface area contributed by atoms with Crippen molar-refractivity contribution in [3.05, 3.63) is 35.9 Å². The first-order valence-corrected chi connectivity index (χ1v) is 8.23. The molecule has 1 aromatic rings. The molecule has 24 heavy (non-hydrogen) atoms. The van der Waals surface area contributed by atoms with Crippen molar-refractivity contribution in [1.82, 2.24) is 10.2 Å². The Hall–Kier alpha value is -1.59. The maximum absolute atomic E-state index is 12.5. The Labute approximate surface area is 150 Å². The smallest absolute Gasteiger partial charge is 0.230 e. The maximum atomic E-state index is 12.5. The second kappa shape index (κ2) is 9.04. The van der Waals surface area contributed by atoms with Gasteiger partial charge in [0.15, 0.2) is 0 Å². The van der Waals surface area contributed by atoms with Crippen LogP contribution in [0.2, 0.25) is 0 Å². The van der Waals surface area contributed by atoms with Gasteiger partial charge < -0.3 is 16.0 Å². The third-order valence-electron chi connectivity index (χ3n) is 4.68. The van der Waals surface area contributed by atoms with Crippen molar-refractivity contribution >= 4 is 24.2 Å². The minimum absolute atomic E-state index is 0. The number of benzene rings is 1. The van der Waals surface area contributed by atoms with Gasteiger partial charge in [0.2, 0.25) is 11.8 Å². The second-order valence-corrected chi connectivity index (χ2v) is 6.69. The van der Waals surface area contributed by atoms with E-state index in [0.717, 1.165) is 31.2 Å². The Balaban J connectivity index is 0.00000288. The van der Waals surface area contributed by atoms with E-state index in [1.165, 1.54) is 0 Å². The number of nitrogens with zero attached hydrogens (tertiary/aromatic N) is 1. The Kier molecular flexibility index (Phi) is 7.70. The first-order chi connectivity index (χ1) is 10.9. The van der Waals surface area contributed by atoms with Crippen LogP contribution in [0, 0.1) is 5.41 Å². The van der Waals surface area contributed by atoms with Gasteiger partial charge in [0.05, 0.1) is 5.41 Å². The van der Waals surface area contributed by atoms with Gasteiger partial charge in [-0.1, -0.05) is 43.2 Å². The zero-order valence-corrected chi connectivity index (χ0v) is 15.3. The highest BCUT2D eigenvalue weighted by Gasteiger charge is 2.42. The Morgan fingerprint density at radius 2 is 1.79 bits per heavy atom. The zero-order valence-electron chi connectivity index (χ0n) is 14.5. The van der Waals surface area contributed by atoms with Crippen molar-refractivity contribution in [2.75, 3.05) is 20.6 Å². The predicted molar refractivity (Wildman–Crippen MR) is 97.8 cm³/mol. The molecule has 0 radical (unpaired) electrons. The summed E-state index contributed by atoms with van der Waals surface area (Å²) in [6.45, 7) is 0.407. The summed E-state index contributed by atoms with van der Waals surface area (Å²) in [6, 6.07) is 9.28. The highest BCUT2D eigenvalue weighted by atomic mass is 35.5. The first-order valence-electron chi connectivity index (χ1n) is 8.23. The van der Waals surface area contributed by atoms with Crippen molar-refractivity contribution in [3.8, 4) is 0 Å². The summed E-state index contributed by atoms with van der Waals surface area (Å²) in [7, 11) is 3.55. The van der Waals surface area contributed by atoms with Gasteiger partial charge in [-0.05, 0) is 18.4 Å². The van der Waals surface area contributed by atoms with E-state index in [1.54, 1.807) is 19.0 Å². The summed E-state index contributed by atoms with van der Waals surface area (Å²) in [5.41, 5.74) is 6.60. The van der Waals surface area contributed by atoms with E-state index in [9.17, 15) is 9.59 Å². The standard InChI is InChI=1S/C18H27N3O2.ClH/c1-21(2)17(23)18(10-6-7-11-18)13-20-16(22)12-15(19)14-8-4-3-5-9-14;/h3-5,8-9,15H,6-7,10-13,19H2,1-2H3,(H,20,22);1H. The van der Waals surface area contributed by atoms with Crippen LogP contribution in [0.3, 0.4) is 0 Å². The minimum Gasteiger partial charge on any atom is -0.355 e. The van der Waals surface area contributed by atoms with Crippen molar-refractivity contribution in [1.29, 1.82) is 0 Å². The van der Waals surface area contributed by atoms with Crippen molar-refractivity contribution in [3.63, 3.8) is 0 Å². The molecular formula is C18H28ClN3O2. The maximum Gasteiger partial charge on any atom is 0.230 e. The average Bonchev–Trinajstić information content (AvgIpc) is 3.03. The van der Waals surface area contributed by atoms with Crippen molar-refractivity contribution in [2.45, 2.75) is 38.1 Å². The van der Waals surface area contributed by atoms with Crippen LogP contribution in [0.5, 0.6) is 0 Å². The van der Waals surface area contributed by atoms with Gasteiger partial charge in [-0.3, -0.25) is 9.59 Å². The Morgan fingerprint density at radius 1 is 1.21 bits per heavy atom. The number of carbonyl (C=O) groups excluding carboxylic acids is 2. The molecule has 0 spiro atoms. The summed E-state index contributed by atoms with van der Waals surface area (Å²) >= 11 is 0. The first kappa shape index (κ1) is 20.5. The fourth-order valence-corrected chi connectivity index (χ4v) is 3.35. The largest absolute Gasteiger partial charge is 0.355 e. The summed E-state index contributed by atoms with van der Waals surface area (Å²) < 4.78 is 0. The normalized spacial score (nSPS) is 16.8. The molecule has 1 aromatic carbocycles. The molecule has 2 amide bonds. The number of hydrogen-bond acceptors (Lipinski definition) is 3. The van der Waals surface area contributed by atoms with Crippen molar-refractivity contribution < 1.29 is 9.59 Å². The van der Waals surface area contributed by atoms with Crippen LogP contribution in [0.1, 0.15) is 43.7 Å². The van der Waals surface area contributed by atoms with Gasteiger partial charge in [0.1, 0.15) is 0 Å². The van der Waals surface area contributed by atoms with Gasteiger partial charge >= 0.3 is 0 Å². The van der Waals surface area contributed by atoms with Crippen LogP contribution in [-0.2, 0) is 9.59 Å². The number of amides is 2. The Bertz CT molecular complexity index is 542. The van der Waals surface area contributed by atoms with Gasteiger partial charge in [0, 0.05) is 33.1 Å². The highest BCUT2D eigenvalue weighted by Crippen LogP contribution is 2.38. The molecule has 1 aliphatic carbocycles. The molecule has 1 saturated carbocycles. The van der Waals surface area contributed by atoms with E-state index < -0.39 is 5.41 Å². The lowest BCUT2D eigenvalue weighted by atomic mass is 9.84. The SMILES string of the molecule is CN(C)C(=O)C1(CNC(=O)CC(N)c2ccccc2)CCCC1.Cl. The Morgan fingerprint density at radius 3 is 2.33 bits per heavy atom. The molecule has 5 nitrogen and oxygen atoms in total. The van der Waals surface area contributed by atoms with E-state index >= 15 is 0 Å². The lowest BCUT2D eigenvalue weighted by molar-refractivity contribution is -0.139. The molecule has 6 heteroatoms. The highest BCUT2D eigenvalue weighted by molar-refractivity contribution is 5.85. The minimum atomic E-state index is -0.435. The molecule has 1 fully saturated rings. The third-order valence-corrected chi connectivity index (χ3v) is 4.68. The molecule has 0 aromatic heterocycles. The van der Waals surface area contributed by atoms with E-state index in [1.807, 2.05) is 30.3 Å². The molecule has 0 bridgehead atoms. The van der Waals surface area contributed by atoms with Gasteiger partial charge in [0.25, 0.3) is 0 Å². The van der Waals surface area contributed by atoms with E-state index in [4.69, 9.17) is 5.73 Å². The zero-order chi connectivity index (χ0) is 16.9. The van der Waals surface area contributed by atoms with Crippen LogP contribution in [0.4, 0.5) is 0 Å².